The van der Waals surface area contributed by atoms with Crippen molar-refractivity contribution in [3.63, 3.8) is 0 Å². The second-order valence-corrected chi connectivity index (χ2v) is 5.49. The van der Waals surface area contributed by atoms with Gasteiger partial charge in [0.15, 0.2) is 0 Å². The molecule has 2 aliphatic heterocycles. The number of rotatable bonds is 5. The fourth-order valence-corrected chi connectivity index (χ4v) is 2.78. The number of nitrogens with zero attached hydrogens (tertiary/aromatic N) is 1. The van der Waals surface area contributed by atoms with Crippen LogP contribution in [0.25, 0.3) is 0 Å². The predicted molar refractivity (Wildman–Crippen MR) is 71.4 cm³/mol. The van der Waals surface area contributed by atoms with Crippen molar-refractivity contribution < 1.29 is 24.2 Å². The fourth-order valence-electron chi connectivity index (χ4n) is 2.78. The Balaban J connectivity index is 1.80. The van der Waals surface area contributed by atoms with Crippen LogP contribution in [0.4, 0.5) is 0 Å². The van der Waals surface area contributed by atoms with Gasteiger partial charge in [-0.25, -0.2) is 4.79 Å². The minimum absolute atomic E-state index is 0.0628. The number of ether oxygens (including phenoxy) is 2. The fraction of sp³-hybridized carbons (Fsp3) is 0.857. The van der Waals surface area contributed by atoms with Gasteiger partial charge in [0.2, 0.25) is 0 Å². The molecule has 2 rings (SSSR count). The van der Waals surface area contributed by atoms with Crippen LogP contribution in [0.5, 0.6) is 0 Å². The summed E-state index contributed by atoms with van der Waals surface area (Å²) >= 11 is 0. The molecule has 20 heavy (non-hydrogen) atoms. The van der Waals surface area contributed by atoms with E-state index in [1.807, 2.05) is 0 Å². The van der Waals surface area contributed by atoms with E-state index in [2.05, 4.69) is 0 Å². The second kappa shape index (κ2) is 7.04. The van der Waals surface area contributed by atoms with Crippen LogP contribution < -0.4 is 0 Å². The number of likely N-dealkylation sites (tertiary alicyclic amines) is 1. The lowest BCUT2D eigenvalue weighted by molar-refractivity contribution is -0.155. The van der Waals surface area contributed by atoms with Gasteiger partial charge in [-0.1, -0.05) is 0 Å². The largest absolute Gasteiger partial charge is 0.480 e. The maximum absolute atomic E-state index is 12.2. The Hall–Kier alpha value is -1.14. The summed E-state index contributed by atoms with van der Waals surface area (Å²) in [5, 5.41) is 9.09. The zero-order chi connectivity index (χ0) is 14.5. The van der Waals surface area contributed by atoms with Crippen LogP contribution in [0.15, 0.2) is 0 Å². The molecule has 0 bridgehead atoms. The number of carboxylic acid groups (broad SMARTS) is 1. The summed E-state index contributed by atoms with van der Waals surface area (Å²) in [5.41, 5.74) is 0. The van der Waals surface area contributed by atoms with Crippen LogP contribution in [0, 0.1) is 0 Å². The van der Waals surface area contributed by atoms with E-state index in [1.54, 1.807) is 6.92 Å². The highest BCUT2D eigenvalue weighted by Crippen LogP contribution is 2.20. The van der Waals surface area contributed by atoms with Crippen LogP contribution >= 0.6 is 0 Å². The zero-order valence-corrected chi connectivity index (χ0v) is 11.9. The van der Waals surface area contributed by atoms with Crippen molar-refractivity contribution in [1.82, 2.24) is 4.90 Å². The molecule has 1 N–H and O–H groups in total. The molecule has 0 aliphatic carbocycles. The number of hydrogen-bond donors (Lipinski definition) is 1. The van der Waals surface area contributed by atoms with Gasteiger partial charge in [0, 0.05) is 13.2 Å². The highest BCUT2D eigenvalue weighted by atomic mass is 16.5. The maximum atomic E-state index is 12.2. The predicted octanol–water partition coefficient (Wildman–Crippen LogP) is 1.04. The summed E-state index contributed by atoms with van der Waals surface area (Å²) in [6.45, 7) is 3.34. The average molecular weight is 285 g/mol. The Labute approximate surface area is 119 Å². The van der Waals surface area contributed by atoms with Gasteiger partial charge in [0.25, 0.3) is 5.91 Å². The van der Waals surface area contributed by atoms with E-state index in [1.165, 1.54) is 4.90 Å². The van der Waals surface area contributed by atoms with Crippen molar-refractivity contribution in [3.8, 4) is 0 Å². The summed E-state index contributed by atoms with van der Waals surface area (Å²) in [4.78, 5) is 24.7. The quantitative estimate of drug-likeness (QED) is 0.816. The number of hydrogen-bond acceptors (Lipinski definition) is 4. The Morgan fingerprint density at radius 1 is 1.35 bits per heavy atom. The first-order chi connectivity index (χ1) is 9.59. The van der Waals surface area contributed by atoms with Gasteiger partial charge in [-0.2, -0.15) is 0 Å². The Morgan fingerprint density at radius 3 is 2.80 bits per heavy atom. The van der Waals surface area contributed by atoms with Crippen molar-refractivity contribution in [3.05, 3.63) is 0 Å². The van der Waals surface area contributed by atoms with Gasteiger partial charge in [-0.15, -0.1) is 0 Å². The number of carboxylic acids is 1. The molecular formula is C14H23NO5. The van der Waals surface area contributed by atoms with Crippen molar-refractivity contribution in [2.24, 2.45) is 0 Å². The number of aliphatic carboxylic acids is 1. The lowest BCUT2D eigenvalue weighted by Gasteiger charge is -2.27. The van der Waals surface area contributed by atoms with Gasteiger partial charge in [-0.3, -0.25) is 4.79 Å². The molecule has 2 fully saturated rings. The van der Waals surface area contributed by atoms with E-state index in [9.17, 15) is 9.59 Å². The molecule has 0 aromatic carbocycles. The van der Waals surface area contributed by atoms with Crippen molar-refractivity contribution >= 4 is 11.9 Å². The normalized spacial score (nSPS) is 28.4. The van der Waals surface area contributed by atoms with Crippen LogP contribution in [0.3, 0.4) is 0 Å². The molecule has 0 saturated carbocycles. The van der Waals surface area contributed by atoms with E-state index < -0.39 is 18.1 Å². The van der Waals surface area contributed by atoms with E-state index in [0.29, 0.717) is 19.6 Å². The highest BCUT2D eigenvalue weighted by molar-refractivity contribution is 5.86. The van der Waals surface area contributed by atoms with Gasteiger partial charge in [0.05, 0.1) is 12.7 Å². The van der Waals surface area contributed by atoms with E-state index in [-0.39, 0.29) is 12.0 Å². The van der Waals surface area contributed by atoms with Gasteiger partial charge in [-0.05, 0) is 39.0 Å². The monoisotopic (exact) mass is 285 g/mol. The minimum Gasteiger partial charge on any atom is -0.480 e. The Kier molecular flexibility index (Phi) is 5.37. The smallest absolute Gasteiger partial charge is 0.326 e. The van der Waals surface area contributed by atoms with Gasteiger partial charge < -0.3 is 19.5 Å². The molecule has 114 valence electrons. The molecule has 2 heterocycles. The van der Waals surface area contributed by atoms with Crippen LogP contribution in [-0.2, 0) is 19.1 Å². The summed E-state index contributed by atoms with van der Waals surface area (Å²) in [6, 6.07) is -0.695. The molecule has 6 heteroatoms. The molecular weight excluding hydrogens is 262 g/mol. The lowest BCUT2D eigenvalue weighted by Crippen LogP contribution is -2.46. The molecule has 0 unspecified atom stereocenters. The topological polar surface area (TPSA) is 76.1 Å². The molecule has 3 atom stereocenters. The zero-order valence-electron chi connectivity index (χ0n) is 11.9. The van der Waals surface area contributed by atoms with Crippen molar-refractivity contribution in [1.29, 1.82) is 0 Å². The second-order valence-electron chi connectivity index (χ2n) is 5.49. The van der Waals surface area contributed by atoms with Crippen LogP contribution in [0.2, 0.25) is 0 Å². The molecule has 0 aromatic rings. The van der Waals surface area contributed by atoms with Gasteiger partial charge in [0.1, 0.15) is 12.1 Å². The van der Waals surface area contributed by atoms with Crippen molar-refractivity contribution in [2.45, 2.75) is 57.3 Å². The Bertz CT molecular complexity index is 353. The van der Waals surface area contributed by atoms with E-state index in [4.69, 9.17) is 14.6 Å². The third kappa shape index (κ3) is 3.70. The molecule has 6 nitrogen and oxygen atoms in total. The SMILES string of the molecule is C[C@H](OC[C@@H]1CCCCO1)C(=O)N1CCC[C@@H]1C(=O)O. The first-order valence-electron chi connectivity index (χ1n) is 7.36. The number of amides is 1. The molecule has 2 aliphatic rings. The minimum atomic E-state index is -0.932. The summed E-state index contributed by atoms with van der Waals surface area (Å²) in [7, 11) is 0. The van der Waals surface area contributed by atoms with Crippen LogP contribution in [-0.4, -0.2) is 59.9 Å². The summed E-state index contributed by atoms with van der Waals surface area (Å²) in [6.07, 6.45) is 3.89. The standard InChI is InChI=1S/C14H23NO5/c1-10(20-9-11-5-2-3-8-19-11)13(16)15-7-4-6-12(15)14(17)18/h10-12H,2-9H2,1H3,(H,17,18)/t10-,11-,12+/m0/s1. The Morgan fingerprint density at radius 2 is 2.15 bits per heavy atom. The van der Waals surface area contributed by atoms with E-state index >= 15 is 0 Å². The molecule has 0 aromatic heterocycles. The molecule has 0 spiro atoms. The lowest BCUT2D eigenvalue weighted by atomic mass is 10.1. The molecule has 1 amide bonds. The summed E-state index contributed by atoms with van der Waals surface area (Å²) in [5.74, 6) is -1.16. The van der Waals surface area contributed by atoms with Crippen LogP contribution in [0.1, 0.15) is 39.0 Å². The first kappa shape index (κ1) is 15.3. The number of carbonyl (C=O) groups is 2. The van der Waals surface area contributed by atoms with E-state index in [0.717, 1.165) is 32.3 Å². The third-order valence-electron chi connectivity index (χ3n) is 3.97. The molecule has 0 radical (unpaired) electrons. The number of carbonyl (C=O) groups excluding carboxylic acids is 1. The van der Waals surface area contributed by atoms with Gasteiger partial charge >= 0.3 is 5.97 Å². The van der Waals surface area contributed by atoms with Crippen molar-refractivity contribution in [2.75, 3.05) is 19.8 Å². The summed E-state index contributed by atoms with van der Waals surface area (Å²) < 4.78 is 11.1. The maximum Gasteiger partial charge on any atom is 0.326 e. The molecule has 2 saturated heterocycles. The average Bonchev–Trinajstić information content (AvgIpc) is 2.94. The highest BCUT2D eigenvalue weighted by Gasteiger charge is 2.36. The first-order valence-corrected chi connectivity index (χ1v) is 7.36. The third-order valence-corrected chi connectivity index (χ3v) is 3.97.